The first kappa shape index (κ1) is 12.2. The van der Waals surface area contributed by atoms with E-state index >= 15 is 0 Å². The van der Waals surface area contributed by atoms with E-state index in [1.165, 1.54) is 44.9 Å². The second-order valence-corrected chi connectivity index (χ2v) is 5.41. The second-order valence-electron chi connectivity index (χ2n) is 4.30. The number of carbonyl (C=O) groups is 1. The van der Waals surface area contributed by atoms with Gasteiger partial charge in [-0.05, 0) is 12.8 Å². The number of Topliss-reactive ketones (excluding diaryl/α,β-unsaturated/α-hetero) is 1. The summed E-state index contributed by atoms with van der Waals surface area (Å²) < 4.78 is 0. The third-order valence-electron chi connectivity index (χ3n) is 2.98. The quantitative estimate of drug-likeness (QED) is 0.596. The molecular weight excluding hydrogens is 240 g/mol. The Morgan fingerprint density at radius 1 is 0.857 bits per heavy atom. The molecule has 0 amide bonds. The van der Waals surface area contributed by atoms with Gasteiger partial charge in [-0.3, -0.25) is 4.79 Å². The minimum absolute atomic E-state index is 0.141. The first-order valence-electron chi connectivity index (χ1n) is 5.97. The zero-order valence-electron chi connectivity index (χ0n) is 8.93. The maximum Gasteiger partial charge on any atom is 0.146 e. The van der Waals surface area contributed by atoms with Gasteiger partial charge in [-0.2, -0.15) is 0 Å². The van der Waals surface area contributed by atoms with E-state index in [0.29, 0.717) is 5.78 Å². The Morgan fingerprint density at radius 2 is 1.36 bits per heavy atom. The van der Waals surface area contributed by atoms with Crippen molar-refractivity contribution in [2.24, 2.45) is 0 Å². The fourth-order valence-electron chi connectivity index (χ4n) is 2.00. The molecule has 2 heteroatoms. The highest BCUT2D eigenvalue weighted by molar-refractivity contribution is 9.10. The van der Waals surface area contributed by atoms with Crippen molar-refractivity contribution in [1.82, 2.24) is 0 Å². The molecule has 0 spiro atoms. The van der Waals surface area contributed by atoms with Gasteiger partial charge in [-0.25, -0.2) is 0 Å². The van der Waals surface area contributed by atoms with Gasteiger partial charge in [0.25, 0.3) is 0 Å². The molecule has 0 aromatic heterocycles. The van der Waals surface area contributed by atoms with Crippen molar-refractivity contribution in [1.29, 1.82) is 0 Å². The van der Waals surface area contributed by atoms with Crippen LogP contribution < -0.4 is 0 Å². The Kier molecular flexibility index (Phi) is 6.50. The number of ketones is 1. The Hall–Kier alpha value is 0.150. The van der Waals surface area contributed by atoms with Gasteiger partial charge in [0.15, 0.2) is 0 Å². The first-order valence-corrected chi connectivity index (χ1v) is 6.89. The van der Waals surface area contributed by atoms with E-state index in [9.17, 15) is 4.79 Å². The van der Waals surface area contributed by atoms with Gasteiger partial charge in [-0.15, -0.1) is 0 Å². The molecular formula is C12H21BrO. The zero-order valence-corrected chi connectivity index (χ0v) is 10.5. The fraction of sp³-hybridized carbons (Fsp3) is 0.917. The molecule has 1 aliphatic rings. The molecule has 0 bridgehead atoms. The predicted octanol–water partition coefficient (Wildman–Crippen LogP) is 4.23. The summed E-state index contributed by atoms with van der Waals surface area (Å²) in [6.07, 6.45) is 12.1. The molecule has 1 fully saturated rings. The number of hydrogen-bond donors (Lipinski definition) is 0. The normalized spacial score (nSPS) is 27.8. The number of alkyl halides is 1. The van der Waals surface area contributed by atoms with E-state index < -0.39 is 0 Å². The summed E-state index contributed by atoms with van der Waals surface area (Å²) >= 11 is 3.49. The fourth-order valence-corrected chi connectivity index (χ4v) is 2.55. The van der Waals surface area contributed by atoms with E-state index in [4.69, 9.17) is 0 Å². The van der Waals surface area contributed by atoms with Crippen LogP contribution in [0.4, 0.5) is 0 Å². The average molecular weight is 261 g/mol. The molecule has 0 heterocycles. The van der Waals surface area contributed by atoms with E-state index in [1.54, 1.807) is 0 Å². The van der Waals surface area contributed by atoms with Gasteiger partial charge in [0.05, 0.1) is 4.83 Å². The molecule has 0 saturated heterocycles. The lowest BCUT2D eigenvalue weighted by Crippen LogP contribution is -2.13. The molecule has 1 rings (SSSR count). The zero-order chi connectivity index (χ0) is 10.2. The third-order valence-corrected chi connectivity index (χ3v) is 3.95. The van der Waals surface area contributed by atoms with Crippen LogP contribution in [0.25, 0.3) is 0 Å². The molecule has 82 valence electrons. The van der Waals surface area contributed by atoms with Crippen molar-refractivity contribution in [2.75, 3.05) is 0 Å². The molecule has 0 aliphatic heterocycles. The molecule has 1 nitrogen and oxygen atoms in total. The van der Waals surface area contributed by atoms with Crippen LogP contribution in [0.3, 0.4) is 0 Å². The second kappa shape index (κ2) is 7.44. The molecule has 1 saturated carbocycles. The van der Waals surface area contributed by atoms with Gasteiger partial charge in [0.2, 0.25) is 0 Å². The van der Waals surface area contributed by atoms with Crippen molar-refractivity contribution in [3.8, 4) is 0 Å². The maximum atomic E-state index is 11.6. The predicted molar refractivity (Wildman–Crippen MR) is 63.9 cm³/mol. The summed E-state index contributed by atoms with van der Waals surface area (Å²) in [5, 5.41) is 0. The summed E-state index contributed by atoms with van der Waals surface area (Å²) in [7, 11) is 0. The van der Waals surface area contributed by atoms with E-state index in [0.717, 1.165) is 19.3 Å². The largest absolute Gasteiger partial charge is 0.298 e. The van der Waals surface area contributed by atoms with Crippen molar-refractivity contribution < 1.29 is 4.79 Å². The number of halogens is 1. The van der Waals surface area contributed by atoms with Crippen LogP contribution in [-0.2, 0) is 4.79 Å². The van der Waals surface area contributed by atoms with Crippen LogP contribution in [0.15, 0.2) is 0 Å². The average Bonchev–Trinajstić information content (AvgIpc) is 2.18. The van der Waals surface area contributed by atoms with Crippen LogP contribution in [0, 0.1) is 0 Å². The molecule has 0 aromatic rings. The van der Waals surface area contributed by atoms with Crippen molar-refractivity contribution in [3.63, 3.8) is 0 Å². The minimum Gasteiger partial charge on any atom is -0.298 e. The van der Waals surface area contributed by atoms with E-state index in [2.05, 4.69) is 15.9 Å². The van der Waals surface area contributed by atoms with Crippen molar-refractivity contribution in [3.05, 3.63) is 0 Å². The van der Waals surface area contributed by atoms with Gasteiger partial charge in [0.1, 0.15) is 5.78 Å². The van der Waals surface area contributed by atoms with Crippen LogP contribution in [-0.4, -0.2) is 10.6 Å². The molecule has 0 radical (unpaired) electrons. The lowest BCUT2D eigenvalue weighted by atomic mass is 10.0. The Bertz CT molecular complexity index is 168. The maximum absolute atomic E-state index is 11.6. The first-order chi connectivity index (χ1) is 6.80. The number of rotatable bonds is 0. The molecule has 0 aromatic carbocycles. The standard InChI is InChI=1S/C12H21BrO/c13-11-9-7-5-3-1-2-4-6-8-10-12(11)14/h11H,1-10H2/t11-/m0/s1. The summed E-state index contributed by atoms with van der Waals surface area (Å²) in [4.78, 5) is 11.7. The van der Waals surface area contributed by atoms with E-state index in [-0.39, 0.29) is 4.83 Å². The molecule has 14 heavy (non-hydrogen) atoms. The smallest absolute Gasteiger partial charge is 0.146 e. The van der Waals surface area contributed by atoms with Crippen molar-refractivity contribution >= 4 is 21.7 Å². The van der Waals surface area contributed by atoms with Crippen LogP contribution in [0.5, 0.6) is 0 Å². The van der Waals surface area contributed by atoms with Crippen LogP contribution >= 0.6 is 15.9 Å². The van der Waals surface area contributed by atoms with Crippen LogP contribution in [0.1, 0.15) is 64.2 Å². The van der Waals surface area contributed by atoms with Gasteiger partial charge in [0, 0.05) is 6.42 Å². The minimum atomic E-state index is 0.141. The highest BCUT2D eigenvalue weighted by Crippen LogP contribution is 2.18. The number of carbonyl (C=O) groups excluding carboxylic acids is 1. The highest BCUT2D eigenvalue weighted by Gasteiger charge is 2.13. The highest BCUT2D eigenvalue weighted by atomic mass is 79.9. The lowest BCUT2D eigenvalue weighted by molar-refractivity contribution is -0.118. The summed E-state index contributed by atoms with van der Waals surface area (Å²) in [5.41, 5.74) is 0. The van der Waals surface area contributed by atoms with E-state index in [1.807, 2.05) is 0 Å². The van der Waals surface area contributed by atoms with Crippen molar-refractivity contribution in [2.45, 2.75) is 69.0 Å². The van der Waals surface area contributed by atoms with Crippen LogP contribution in [0.2, 0.25) is 0 Å². The third kappa shape index (κ3) is 5.14. The Labute approximate surface area is 95.8 Å². The molecule has 1 atom stereocenters. The monoisotopic (exact) mass is 260 g/mol. The van der Waals surface area contributed by atoms with Gasteiger partial charge < -0.3 is 0 Å². The summed E-state index contributed by atoms with van der Waals surface area (Å²) in [6, 6.07) is 0. The molecule has 1 aliphatic carbocycles. The number of hydrogen-bond acceptors (Lipinski definition) is 1. The SMILES string of the molecule is O=C1CCCCCCCCCC[C@@H]1Br. The molecule has 0 N–H and O–H groups in total. The summed E-state index contributed by atoms with van der Waals surface area (Å²) in [5.74, 6) is 0.422. The lowest BCUT2D eigenvalue weighted by Gasteiger charge is -2.10. The Balaban J connectivity index is 2.27. The topological polar surface area (TPSA) is 17.1 Å². The molecule has 0 unspecified atom stereocenters. The Morgan fingerprint density at radius 3 is 2.00 bits per heavy atom. The summed E-state index contributed by atoms with van der Waals surface area (Å²) in [6.45, 7) is 0. The van der Waals surface area contributed by atoms with Gasteiger partial charge >= 0.3 is 0 Å². The van der Waals surface area contributed by atoms with Gasteiger partial charge in [-0.1, -0.05) is 60.9 Å².